The predicted octanol–water partition coefficient (Wildman–Crippen LogP) is 1.33. The van der Waals surface area contributed by atoms with Crippen LogP contribution in [-0.4, -0.2) is 42.3 Å². The van der Waals surface area contributed by atoms with E-state index < -0.39 is 0 Å². The maximum absolute atomic E-state index is 11.5. The molecule has 0 spiro atoms. The van der Waals surface area contributed by atoms with Crippen molar-refractivity contribution >= 4 is 5.97 Å². The van der Waals surface area contributed by atoms with Crippen LogP contribution in [-0.2, 0) is 11.3 Å². The second kappa shape index (κ2) is 5.54. The SMILES string of the molecule is COC(=O)c1cc(CN2CCC[C@@H]2CO)oc1C. The minimum absolute atomic E-state index is 0.170. The summed E-state index contributed by atoms with van der Waals surface area (Å²) in [5.41, 5.74) is 0.479. The van der Waals surface area contributed by atoms with Crippen molar-refractivity contribution in [3.8, 4) is 0 Å². The third-order valence-corrected chi connectivity index (χ3v) is 3.44. The van der Waals surface area contributed by atoms with Gasteiger partial charge >= 0.3 is 5.97 Å². The van der Waals surface area contributed by atoms with Gasteiger partial charge in [-0.25, -0.2) is 4.79 Å². The van der Waals surface area contributed by atoms with Crippen LogP contribution in [0.1, 0.15) is 34.7 Å². The fourth-order valence-corrected chi connectivity index (χ4v) is 2.44. The molecule has 1 aliphatic rings. The number of carbonyl (C=O) groups is 1. The minimum Gasteiger partial charge on any atom is -0.465 e. The van der Waals surface area contributed by atoms with E-state index in [4.69, 9.17) is 9.15 Å². The van der Waals surface area contributed by atoms with Crippen LogP contribution in [0.15, 0.2) is 10.5 Å². The number of rotatable bonds is 4. The van der Waals surface area contributed by atoms with Gasteiger partial charge in [0, 0.05) is 6.04 Å². The summed E-state index contributed by atoms with van der Waals surface area (Å²) in [6.07, 6.45) is 2.11. The van der Waals surface area contributed by atoms with Crippen LogP contribution < -0.4 is 0 Å². The normalized spacial score (nSPS) is 20.3. The Morgan fingerprint density at radius 2 is 2.44 bits per heavy atom. The van der Waals surface area contributed by atoms with Gasteiger partial charge in [-0.1, -0.05) is 0 Å². The summed E-state index contributed by atoms with van der Waals surface area (Å²) in [5.74, 6) is 0.951. The summed E-state index contributed by atoms with van der Waals surface area (Å²) in [6, 6.07) is 1.94. The highest BCUT2D eigenvalue weighted by Gasteiger charge is 2.25. The monoisotopic (exact) mass is 253 g/mol. The van der Waals surface area contributed by atoms with Gasteiger partial charge in [-0.15, -0.1) is 0 Å². The van der Waals surface area contributed by atoms with E-state index >= 15 is 0 Å². The van der Waals surface area contributed by atoms with Gasteiger partial charge in [0.25, 0.3) is 0 Å². The predicted molar refractivity (Wildman–Crippen MR) is 65.3 cm³/mol. The summed E-state index contributed by atoms with van der Waals surface area (Å²) >= 11 is 0. The first-order chi connectivity index (χ1) is 8.65. The lowest BCUT2D eigenvalue weighted by atomic mass is 10.2. The molecule has 100 valence electrons. The zero-order valence-electron chi connectivity index (χ0n) is 10.8. The third kappa shape index (κ3) is 2.57. The van der Waals surface area contributed by atoms with Crippen molar-refractivity contribution in [2.24, 2.45) is 0 Å². The van der Waals surface area contributed by atoms with Crippen LogP contribution in [0.5, 0.6) is 0 Å². The van der Waals surface area contributed by atoms with E-state index in [1.807, 2.05) is 0 Å². The van der Waals surface area contributed by atoms with Crippen molar-refractivity contribution in [3.05, 3.63) is 23.2 Å². The van der Waals surface area contributed by atoms with Crippen LogP contribution in [0.4, 0.5) is 0 Å². The number of hydrogen-bond acceptors (Lipinski definition) is 5. The largest absolute Gasteiger partial charge is 0.465 e. The standard InChI is InChI=1S/C13H19NO4/c1-9-12(13(16)17-2)6-11(18-9)7-14-5-3-4-10(14)8-15/h6,10,15H,3-5,7-8H2,1-2H3/t10-/m1/s1. The van der Waals surface area contributed by atoms with Gasteiger partial charge in [0.2, 0.25) is 0 Å². The number of ether oxygens (including phenoxy) is 1. The molecule has 0 amide bonds. The van der Waals surface area contributed by atoms with Gasteiger partial charge in [-0.3, -0.25) is 4.90 Å². The highest BCUT2D eigenvalue weighted by atomic mass is 16.5. The second-order valence-corrected chi connectivity index (χ2v) is 4.62. The zero-order valence-corrected chi connectivity index (χ0v) is 10.8. The van der Waals surface area contributed by atoms with E-state index in [-0.39, 0.29) is 18.6 Å². The Kier molecular flexibility index (Phi) is 4.04. The lowest BCUT2D eigenvalue weighted by molar-refractivity contribution is 0.0599. The topological polar surface area (TPSA) is 62.9 Å². The fraction of sp³-hybridized carbons (Fsp3) is 0.615. The number of aliphatic hydroxyl groups is 1. The van der Waals surface area contributed by atoms with Gasteiger partial charge < -0.3 is 14.3 Å². The Morgan fingerprint density at radius 1 is 1.67 bits per heavy atom. The first-order valence-corrected chi connectivity index (χ1v) is 6.18. The zero-order chi connectivity index (χ0) is 13.1. The van der Waals surface area contributed by atoms with Crippen molar-refractivity contribution in [2.45, 2.75) is 32.4 Å². The van der Waals surface area contributed by atoms with E-state index in [0.29, 0.717) is 17.9 Å². The van der Waals surface area contributed by atoms with Gasteiger partial charge in [0.15, 0.2) is 0 Å². The van der Waals surface area contributed by atoms with Crippen LogP contribution in [0, 0.1) is 6.92 Å². The Balaban J connectivity index is 2.08. The van der Waals surface area contributed by atoms with Gasteiger partial charge in [0.1, 0.15) is 17.1 Å². The molecule has 1 aromatic heterocycles. The molecule has 5 heteroatoms. The Hall–Kier alpha value is -1.33. The average molecular weight is 253 g/mol. The molecule has 0 unspecified atom stereocenters. The fourth-order valence-electron chi connectivity index (χ4n) is 2.44. The summed E-state index contributed by atoms with van der Waals surface area (Å²) in [5, 5.41) is 9.25. The third-order valence-electron chi connectivity index (χ3n) is 3.44. The van der Waals surface area contributed by atoms with Crippen molar-refractivity contribution < 1.29 is 19.1 Å². The Morgan fingerprint density at radius 3 is 3.11 bits per heavy atom. The Labute approximate surface area is 106 Å². The number of carbonyl (C=O) groups excluding carboxylic acids is 1. The number of esters is 1. The van der Waals surface area contributed by atoms with E-state index in [9.17, 15) is 9.90 Å². The van der Waals surface area contributed by atoms with Crippen molar-refractivity contribution in [2.75, 3.05) is 20.3 Å². The molecular formula is C13H19NO4. The van der Waals surface area contributed by atoms with E-state index in [2.05, 4.69) is 4.90 Å². The van der Waals surface area contributed by atoms with E-state index in [0.717, 1.165) is 25.1 Å². The summed E-state index contributed by atoms with van der Waals surface area (Å²) < 4.78 is 10.3. The first kappa shape index (κ1) is 13.1. The molecule has 1 aliphatic heterocycles. The molecule has 0 saturated carbocycles. The molecule has 1 aromatic rings. The maximum atomic E-state index is 11.5. The molecule has 18 heavy (non-hydrogen) atoms. The molecule has 2 heterocycles. The number of aryl methyl sites for hydroxylation is 1. The van der Waals surface area contributed by atoms with Crippen LogP contribution in [0.2, 0.25) is 0 Å². The van der Waals surface area contributed by atoms with Crippen LogP contribution in [0.3, 0.4) is 0 Å². The summed E-state index contributed by atoms with van der Waals surface area (Å²) in [6.45, 7) is 3.51. The molecule has 0 aromatic carbocycles. The lowest BCUT2D eigenvalue weighted by Crippen LogP contribution is -2.31. The lowest BCUT2D eigenvalue weighted by Gasteiger charge is -2.21. The molecule has 1 atom stereocenters. The quantitative estimate of drug-likeness (QED) is 0.820. The molecule has 5 nitrogen and oxygen atoms in total. The van der Waals surface area contributed by atoms with Gasteiger partial charge in [-0.2, -0.15) is 0 Å². The number of furan rings is 1. The molecule has 1 fully saturated rings. The number of hydrogen-bond donors (Lipinski definition) is 1. The highest BCUT2D eigenvalue weighted by Crippen LogP contribution is 2.22. The maximum Gasteiger partial charge on any atom is 0.341 e. The van der Waals surface area contributed by atoms with E-state index in [1.165, 1.54) is 7.11 Å². The number of aliphatic hydroxyl groups excluding tert-OH is 1. The molecule has 0 bridgehead atoms. The first-order valence-electron chi connectivity index (χ1n) is 6.18. The molecular weight excluding hydrogens is 234 g/mol. The number of likely N-dealkylation sites (tertiary alicyclic amines) is 1. The van der Waals surface area contributed by atoms with E-state index in [1.54, 1.807) is 13.0 Å². The molecule has 0 aliphatic carbocycles. The minimum atomic E-state index is -0.373. The van der Waals surface area contributed by atoms with Gasteiger partial charge in [-0.05, 0) is 32.4 Å². The van der Waals surface area contributed by atoms with Gasteiger partial charge in [0.05, 0.1) is 20.3 Å². The Bertz CT molecular complexity index is 427. The van der Waals surface area contributed by atoms with Crippen molar-refractivity contribution in [3.63, 3.8) is 0 Å². The number of methoxy groups -OCH3 is 1. The molecule has 1 N–H and O–H groups in total. The molecule has 2 rings (SSSR count). The number of nitrogens with zero attached hydrogens (tertiary/aromatic N) is 1. The highest BCUT2D eigenvalue weighted by molar-refractivity contribution is 5.90. The summed E-state index contributed by atoms with van der Waals surface area (Å²) in [7, 11) is 1.36. The smallest absolute Gasteiger partial charge is 0.341 e. The second-order valence-electron chi connectivity index (χ2n) is 4.62. The average Bonchev–Trinajstić information content (AvgIpc) is 2.95. The molecule has 1 saturated heterocycles. The molecule has 0 radical (unpaired) electrons. The van der Waals surface area contributed by atoms with Crippen LogP contribution >= 0.6 is 0 Å². The van der Waals surface area contributed by atoms with Crippen LogP contribution in [0.25, 0.3) is 0 Å². The van der Waals surface area contributed by atoms with Crippen molar-refractivity contribution in [1.82, 2.24) is 4.90 Å². The summed E-state index contributed by atoms with van der Waals surface area (Å²) in [4.78, 5) is 13.6. The van der Waals surface area contributed by atoms with Crippen molar-refractivity contribution in [1.29, 1.82) is 0 Å².